The zero-order chi connectivity index (χ0) is 13.4. The number of nitrogens with zero attached hydrogens (tertiary/aromatic N) is 2. The monoisotopic (exact) mass is 273 g/mol. The Balaban J connectivity index is 2.02. The van der Waals surface area contributed by atoms with Gasteiger partial charge < -0.3 is 5.32 Å². The molecule has 1 N–H and O–H groups in total. The van der Waals surface area contributed by atoms with Crippen molar-refractivity contribution in [3.8, 4) is 10.7 Å². The van der Waals surface area contributed by atoms with Gasteiger partial charge in [0.15, 0.2) is 0 Å². The molecule has 0 amide bonds. The third kappa shape index (κ3) is 2.55. The number of hydrogen-bond donors (Lipinski definition) is 1. The van der Waals surface area contributed by atoms with E-state index in [4.69, 9.17) is 4.98 Å². The Morgan fingerprint density at radius 1 is 1.37 bits per heavy atom. The van der Waals surface area contributed by atoms with Crippen LogP contribution in [0.2, 0.25) is 0 Å². The van der Waals surface area contributed by atoms with Crippen LogP contribution >= 0.6 is 11.3 Å². The molecule has 4 heteroatoms. The zero-order valence-electron chi connectivity index (χ0n) is 11.7. The van der Waals surface area contributed by atoms with Crippen molar-refractivity contribution in [1.29, 1.82) is 0 Å². The van der Waals surface area contributed by atoms with Crippen LogP contribution < -0.4 is 5.32 Å². The number of thiazole rings is 1. The lowest BCUT2D eigenvalue weighted by Gasteiger charge is -2.01. The second-order valence-electron chi connectivity index (χ2n) is 5.31. The molecule has 1 aliphatic carbocycles. The van der Waals surface area contributed by atoms with Crippen molar-refractivity contribution < 1.29 is 0 Å². The SMILES string of the molecule is CNCc1sc(-c2ncc(C)cc2C)nc1C1CC1. The minimum Gasteiger partial charge on any atom is -0.315 e. The van der Waals surface area contributed by atoms with Gasteiger partial charge in [-0.05, 0) is 44.9 Å². The summed E-state index contributed by atoms with van der Waals surface area (Å²) in [6.07, 6.45) is 4.51. The van der Waals surface area contributed by atoms with E-state index in [1.165, 1.54) is 34.5 Å². The van der Waals surface area contributed by atoms with Gasteiger partial charge in [0.2, 0.25) is 0 Å². The average molecular weight is 273 g/mol. The van der Waals surface area contributed by atoms with Crippen molar-refractivity contribution >= 4 is 11.3 Å². The van der Waals surface area contributed by atoms with Gasteiger partial charge in [0.1, 0.15) is 10.7 Å². The fourth-order valence-electron chi connectivity index (χ4n) is 2.37. The number of hydrogen-bond acceptors (Lipinski definition) is 4. The fraction of sp³-hybridized carbons (Fsp3) is 0.467. The van der Waals surface area contributed by atoms with Crippen LogP contribution in [0, 0.1) is 13.8 Å². The van der Waals surface area contributed by atoms with Gasteiger partial charge in [-0.2, -0.15) is 0 Å². The number of nitrogens with one attached hydrogen (secondary N) is 1. The van der Waals surface area contributed by atoms with Gasteiger partial charge in [-0.3, -0.25) is 4.98 Å². The molecular formula is C15H19N3S. The van der Waals surface area contributed by atoms with Crippen LogP contribution in [0.1, 0.15) is 40.5 Å². The molecule has 2 aromatic rings. The Bertz CT molecular complexity index is 599. The first kappa shape index (κ1) is 12.8. The largest absolute Gasteiger partial charge is 0.315 e. The van der Waals surface area contributed by atoms with Gasteiger partial charge in [-0.15, -0.1) is 11.3 Å². The van der Waals surface area contributed by atoms with Crippen molar-refractivity contribution in [2.75, 3.05) is 7.05 Å². The first-order valence-corrected chi connectivity index (χ1v) is 7.58. The average Bonchev–Trinajstić information content (AvgIpc) is 3.12. The van der Waals surface area contributed by atoms with Crippen LogP contribution in [0.3, 0.4) is 0 Å². The third-order valence-corrected chi connectivity index (χ3v) is 4.52. The van der Waals surface area contributed by atoms with E-state index in [0.29, 0.717) is 5.92 Å². The molecule has 2 aromatic heterocycles. The Kier molecular flexibility index (Phi) is 3.37. The van der Waals surface area contributed by atoms with E-state index in [2.05, 4.69) is 30.2 Å². The summed E-state index contributed by atoms with van der Waals surface area (Å²) in [6, 6.07) is 2.18. The van der Waals surface area contributed by atoms with E-state index in [1.54, 1.807) is 11.3 Å². The van der Waals surface area contributed by atoms with Crippen LogP contribution in [0.5, 0.6) is 0 Å². The third-order valence-electron chi connectivity index (χ3n) is 3.45. The highest BCUT2D eigenvalue weighted by atomic mass is 32.1. The molecular weight excluding hydrogens is 254 g/mol. The number of rotatable bonds is 4. The summed E-state index contributed by atoms with van der Waals surface area (Å²) >= 11 is 1.79. The van der Waals surface area contributed by atoms with E-state index < -0.39 is 0 Å². The summed E-state index contributed by atoms with van der Waals surface area (Å²) in [5.41, 5.74) is 4.76. The smallest absolute Gasteiger partial charge is 0.142 e. The highest BCUT2D eigenvalue weighted by molar-refractivity contribution is 7.15. The maximum absolute atomic E-state index is 4.87. The molecule has 0 aromatic carbocycles. The van der Waals surface area contributed by atoms with Crippen LogP contribution in [-0.4, -0.2) is 17.0 Å². The highest BCUT2D eigenvalue weighted by Crippen LogP contribution is 2.44. The van der Waals surface area contributed by atoms with Gasteiger partial charge >= 0.3 is 0 Å². The summed E-state index contributed by atoms with van der Waals surface area (Å²) in [5, 5.41) is 4.32. The Morgan fingerprint density at radius 3 is 2.79 bits per heavy atom. The van der Waals surface area contributed by atoms with E-state index in [1.807, 2.05) is 13.2 Å². The highest BCUT2D eigenvalue weighted by Gasteiger charge is 2.29. The molecule has 100 valence electrons. The summed E-state index contributed by atoms with van der Waals surface area (Å²) in [6.45, 7) is 5.10. The normalized spacial score (nSPS) is 14.9. The number of pyridine rings is 1. The minimum absolute atomic E-state index is 0.694. The molecule has 2 heterocycles. The van der Waals surface area contributed by atoms with E-state index in [0.717, 1.165) is 17.2 Å². The minimum atomic E-state index is 0.694. The summed E-state index contributed by atoms with van der Waals surface area (Å²) in [7, 11) is 1.99. The molecule has 0 saturated heterocycles. The molecule has 19 heavy (non-hydrogen) atoms. The van der Waals surface area contributed by atoms with Gasteiger partial charge in [-0.1, -0.05) is 6.07 Å². The van der Waals surface area contributed by atoms with E-state index >= 15 is 0 Å². The predicted molar refractivity (Wildman–Crippen MR) is 79.6 cm³/mol. The van der Waals surface area contributed by atoms with Crippen molar-refractivity contribution in [2.45, 2.75) is 39.2 Å². The molecule has 1 fully saturated rings. The molecule has 0 bridgehead atoms. The summed E-state index contributed by atoms with van der Waals surface area (Å²) < 4.78 is 0. The molecule has 1 aliphatic rings. The Labute approximate surface area is 118 Å². The number of aryl methyl sites for hydroxylation is 2. The van der Waals surface area contributed by atoms with Gasteiger partial charge in [-0.25, -0.2) is 4.98 Å². The zero-order valence-corrected chi connectivity index (χ0v) is 12.5. The van der Waals surface area contributed by atoms with Crippen molar-refractivity contribution in [1.82, 2.24) is 15.3 Å². The standard InChI is InChI=1S/C15H19N3S/c1-9-6-10(2)13(17-7-9)15-18-14(11-4-5-11)12(19-15)8-16-3/h6-7,11,16H,4-5,8H2,1-3H3. The first-order chi connectivity index (χ1) is 9.19. The van der Waals surface area contributed by atoms with Gasteiger partial charge in [0.25, 0.3) is 0 Å². The first-order valence-electron chi connectivity index (χ1n) is 6.77. The van der Waals surface area contributed by atoms with Crippen LogP contribution in [0.4, 0.5) is 0 Å². The molecule has 1 saturated carbocycles. The second-order valence-corrected chi connectivity index (χ2v) is 6.39. The van der Waals surface area contributed by atoms with Crippen LogP contribution in [-0.2, 0) is 6.54 Å². The molecule has 0 atom stereocenters. The molecule has 3 rings (SSSR count). The predicted octanol–water partition coefficient (Wildman–Crippen LogP) is 3.42. The molecule has 0 unspecified atom stereocenters. The molecule has 3 nitrogen and oxygen atoms in total. The van der Waals surface area contributed by atoms with E-state index in [-0.39, 0.29) is 0 Å². The maximum Gasteiger partial charge on any atom is 0.142 e. The molecule has 0 aliphatic heterocycles. The van der Waals surface area contributed by atoms with E-state index in [9.17, 15) is 0 Å². The Morgan fingerprint density at radius 2 is 2.16 bits per heavy atom. The quantitative estimate of drug-likeness (QED) is 0.927. The molecule has 0 spiro atoms. The van der Waals surface area contributed by atoms with Crippen molar-refractivity contribution in [2.24, 2.45) is 0 Å². The Hall–Kier alpha value is -1.26. The fourth-order valence-corrected chi connectivity index (χ4v) is 3.59. The number of aromatic nitrogens is 2. The molecule has 0 radical (unpaired) electrons. The topological polar surface area (TPSA) is 37.8 Å². The van der Waals surface area contributed by atoms with Crippen molar-refractivity contribution in [3.05, 3.63) is 34.0 Å². The summed E-state index contributed by atoms with van der Waals surface area (Å²) in [4.78, 5) is 10.8. The lowest BCUT2D eigenvalue weighted by Crippen LogP contribution is -2.05. The maximum atomic E-state index is 4.87. The van der Waals surface area contributed by atoms with Crippen molar-refractivity contribution in [3.63, 3.8) is 0 Å². The lowest BCUT2D eigenvalue weighted by molar-refractivity contribution is 0.813. The second kappa shape index (κ2) is 5.02. The summed E-state index contributed by atoms with van der Waals surface area (Å²) in [5.74, 6) is 0.694. The van der Waals surface area contributed by atoms with Gasteiger partial charge in [0, 0.05) is 23.5 Å². The van der Waals surface area contributed by atoms with Gasteiger partial charge in [0.05, 0.1) is 5.69 Å². The van der Waals surface area contributed by atoms with Crippen LogP contribution in [0.15, 0.2) is 12.3 Å². The lowest BCUT2D eigenvalue weighted by atomic mass is 10.2. The van der Waals surface area contributed by atoms with Crippen LogP contribution in [0.25, 0.3) is 10.7 Å².